The zero-order valence-corrected chi connectivity index (χ0v) is 8.29. The molecule has 2 nitrogen and oxygen atoms in total. The van der Waals surface area contributed by atoms with Crippen LogP contribution in [0.1, 0.15) is 6.92 Å². The molecule has 0 spiro atoms. The molecule has 0 saturated heterocycles. The van der Waals surface area contributed by atoms with E-state index in [1.54, 1.807) is 37.3 Å². The molecule has 0 aromatic heterocycles. The highest BCUT2D eigenvalue weighted by atomic mass is 32.2. The summed E-state index contributed by atoms with van der Waals surface area (Å²) in [5.41, 5.74) is 0. The lowest BCUT2D eigenvalue weighted by atomic mass is 10.4. The van der Waals surface area contributed by atoms with Crippen molar-refractivity contribution in [2.75, 3.05) is 0 Å². The minimum absolute atomic E-state index is 0.349. The summed E-state index contributed by atoms with van der Waals surface area (Å²) in [6.45, 7) is 5.09. The van der Waals surface area contributed by atoms with Gasteiger partial charge >= 0.3 is 0 Å². The minimum Gasteiger partial charge on any atom is -0.223 e. The average molecular weight is 196 g/mol. The Balaban J connectivity index is 3.16. The third-order valence-corrected chi connectivity index (χ3v) is 3.99. The van der Waals surface area contributed by atoms with Crippen molar-refractivity contribution in [1.29, 1.82) is 0 Å². The lowest BCUT2D eigenvalue weighted by molar-refractivity contribution is 0.591. The highest BCUT2D eigenvalue weighted by Crippen LogP contribution is 2.15. The van der Waals surface area contributed by atoms with Crippen molar-refractivity contribution in [3.8, 4) is 0 Å². The van der Waals surface area contributed by atoms with Gasteiger partial charge in [0.05, 0.1) is 10.1 Å². The first-order valence-corrected chi connectivity index (χ1v) is 5.55. The predicted octanol–water partition coefficient (Wildman–Crippen LogP) is 2.03. The summed E-state index contributed by atoms with van der Waals surface area (Å²) < 4.78 is 23.4. The van der Waals surface area contributed by atoms with Crippen molar-refractivity contribution >= 4 is 9.84 Å². The Hall–Kier alpha value is -1.09. The summed E-state index contributed by atoms with van der Waals surface area (Å²) in [6, 6.07) is 8.40. The van der Waals surface area contributed by atoms with Gasteiger partial charge in [-0.3, -0.25) is 0 Å². The SMILES string of the molecule is C=CC(C)S(=O)(=O)c1ccccc1. The molecule has 0 amide bonds. The molecule has 0 saturated carbocycles. The van der Waals surface area contributed by atoms with Gasteiger partial charge in [-0.05, 0) is 19.1 Å². The summed E-state index contributed by atoms with van der Waals surface area (Å²) in [5, 5.41) is -0.533. The van der Waals surface area contributed by atoms with Crippen molar-refractivity contribution in [3.63, 3.8) is 0 Å². The highest BCUT2D eigenvalue weighted by Gasteiger charge is 2.19. The fourth-order valence-corrected chi connectivity index (χ4v) is 2.17. The molecule has 0 heterocycles. The maximum Gasteiger partial charge on any atom is 0.184 e. The molecule has 0 aliphatic carbocycles. The van der Waals surface area contributed by atoms with Gasteiger partial charge in [-0.25, -0.2) is 8.42 Å². The Morgan fingerprint density at radius 2 is 1.85 bits per heavy atom. The first kappa shape index (κ1) is 9.99. The number of hydrogen-bond donors (Lipinski definition) is 0. The predicted molar refractivity (Wildman–Crippen MR) is 53.3 cm³/mol. The van der Waals surface area contributed by atoms with Crippen molar-refractivity contribution in [3.05, 3.63) is 43.0 Å². The third-order valence-electron chi connectivity index (χ3n) is 1.89. The van der Waals surface area contributed by atoms with Crippen molar-refractivity contribution in [1.82, 2.24) is 0 Å². The Labute approximate surface area is 78.8 Å². The Kier molecular flexibility index (Phi) is 2.88. The number of sulfone groups is 1. The molecule has 0 aliphatic rings. The van der Waals surface area contributed by atoms with Crippen LogP contribution in [0, 0.1) is 0 Å². The average Bonchev–Trinajstić information content (AvgIpc) is 2.18. The monoisotopic (exact) mass is 196 g/mol. The van der Waals surface area contributed by atoms with E-state index in [1.165, 1.54) is 6.08 Å². The van der Waals surface area contributed by atoms with Crippen LogP contribution < -0.4 is 0 Å². The van der Waals surface area contributed by atoms with Crippen LogP contribution in [0.15, 0.2) is 47.9 Å². The third kappa shape index (κ3) is 1.98. The van der Waals surface area contributed by atoms with Gasteiger partial charge in [0.1, 0.15) is 0 Å². The van der Waals surface area contributed by atoms with Gasteiger partial charge in [-0.1, -0.05) is 24.3 Å². The molecule has 3 heteroatoms. The van der Waals surface area contributed by atoms with Gasteiger partial charge in [-0.2, -0.15) is 0 Å². The zero-order chi connectivity index (χ0) is 9.90. The van der Waals surface area contributed by atoms with Crippen molar-refractivity contribution < 1.29 is 8.42 Å². The van der Waals surface area contributed by atoms with Gasteiger partial charge in [0.2, 0.25) is 0 Å². The van der Waals surface area contributed by atoms with Gasteiger partial charge in [0.25, 0.3) is 0 Å². The maximum atomic E-state index is 11.7. The van der Waals surface area contributed by atoms with E-state index in [1.807, 2.05) is 0 Å². The molecule has 1 rings (SSSR count). The molecule has 70 valence electrons. The van der Waals surface area contributed by atoms with E-state index in [2.05, 4.69) is 6.58 Å². The van der Waals surface area contributed by atoms with E-state index in [0.29, 0.717) is 4.90 Å². The molecule has 0 radical (unpaired) electrons. The molecule has 0 aliphatic heterocycles. The Morgan fingerprint density at radius 1 is 1.31 bits per heavy atom. The lowest BCUT2D eigenvalue weighted by Crippen LogP contribution is -2.14. The summed E-state index contributed by atoms with van der Waals surface area (Å²) in [7, 11) is -3.21. The van der Waals surface area contributed by atoms with Crippen molar-refractivity contribution in [2.24, 2.45) is 0 Å². The first-order valence-electron chi connectivity index (χ1n) is 4.00. The molecule has 13 heavy (non-hydrogen) atoms. The summed E-state index contributed by atoms with van der Waals surface area (Å²) in [4.78, 5) is 0.349. The standard InChI is InChI=1S/C10H12O2S/c1-3-9(2)13(11,12)10-7-5-4-6-8-10/h3-9H,1H2,2H3. The smallest absolute Gasteiger partial charge is 0.184 e. The molecule has 0 fully saturated rings. The van der Waals surface area contributed by atoms with E-state index >= 15 is 0 Å². The van der Waals surface area contributed by atoms with Crippen LogP contribution in [-0.4, -0.2) is 13.7 Å². The molecule has 1 aromatic rings. The minimum atomic E-state index is -3.21. The number of hydrogen-bond acceptors (Lipinski definition) is 2. The second-order valence-corrected chi connectivity index (χ2v) is 5.10. The van der Waals surface area contributed by atoms with Crippen molar-refractivity contribution in [2.45, 2.75) is 17.1 Å². The molecular weight excluding hydrogens is 184 g/mol. The Morgan fingerprint density at radius 3 is 2.31 bits per heavy atom. The van der Waals surface area contributed by atoms with Crippen LogP contribution in [0.4, 0.5) is 0 Å². The fraction of sp³-hybridized carbons (Fsp3) is 0.200. The van der Waals surface area contributed by atoms with E-state index in [0.717, 1.165) is 0 Å². The zero-order valence-electron chi connectivity index (χ0n) is 7.47. The van der Waals surface area contributed by atoms with Crippen LogP contribution in [0.25, 0.3) is 0 Å². The summed E-state index contributed by atoms with van der Waals surface area (Å²) >= 11 is 0. The van der Waals surface area contributed by atoms with Gasteiger partial charge < -0.3 is 0 Å². The van der Waals surface area contributed by atoms with Crippen LogP contribution in [0.3, 0.4) is 0 Å². The molecule has 1 aromatic carbocycles. The number of rotatable bonds is 3. The summed E-state index contributed by atoms with van der Waals surface area (Å²) in [5.74, 6) is 0. The van der Waals surface area contributed by atoms with E-state index in [9.17, 15) is 8.42 Å². The largest absolute Gasteiger partial charge is 0.223 e. The molecule has 1 atom stereocenters. The van der Waals surface area contributed by atoms with E-state index in [4.69, 9.17) is 0 Å². The highest BCUT2D eigenvalue weighted by molar-refractivity contribution is 7.92. The molecule has 0 bridgehead atoms. The van der Waals surface area contributed by atoms with E-state index in [-0.39, 0.29) is 0 Å². The second kappa shape index (κ2) is 3.75. The fourth-order valence-electron chi connectivity index (χ4n) is 0.952. The first-order chi connectivity index (χ1) is 6.09. The normalized spacial score (nSPS) is 13.6. The lowest BCUT2D eigenvalue weighted by Gasteiger charge is -2.07. The molecular formula is C10H12O2S. The summed E-state index contributed by atoms with van der Waals surface area (Å²) in [6.07, 6.45) is 1.43. The maximum absolute atomic E-state index is 11.7. The molecule has 1 unspecified atom stereocenters. The number of benzene rings is 1. The van der Waals surface area contributed by atoms with Crippen LogP contribution in [0.5, 0.6) is 0 Å². The Bertz CT molecular complexity index is 379. The second-order valence-electron chi connectivity index (χ2n) is 2.80. The quantitative estimate of drug-likeness (QED) is 0.693. The van der Waals surface area contributed by atoms with Gasteiger partial charge in [-0.15, -0.1) is 6.58 Å². The molecule has 0 N–H and O–H groups in total. The van der Waals surface area contributed by atoms with Gasteiger partial charge in [0.15, 0.2) is 9.84 Å². The topological polar surface area (TPSA) is 34.1 Å². The van der Waals surface area contributed by atoms with Crippen LogP contribution >= 0.6 is 0 Å². The van der Waals surface area contributed by atoms with Gasteiger partial charge in [0, 0.05) is 0 Å². The van der Waals surface area contributed by atoms with Crippen LogP contribution in [-0.2, 0) is 9.84 Å². The van der Waals surface area contributed by atoms with E-state index < -0.39 is 15.1 Å². The van der Waals surface area contributed by atoms with Crippen LogP contribution in [0.2, 0.25) is 0 Å².